The van der Waals surface area contributed by atoms with Crippen molar-refractivity contribution in [3.05, 3.63) is 71.0 Å². The molecule has 1 unspecified atom stereocenters. The number of halogens is 2. The first-order valence-corrected chi connectivity index (χ1v) is 8.51. The molecule has 0 saturated carbocycles. The maximum atomic E-state index is 13.5. The molecule has 5 heteroatoms. The first kappa shape index (κ1) is 19.4. The van der Waals surface area contributed by atoms with Crippen LogP contribution in [0.2, 0.25) is 0 Å². The summed E-state index contributed by atoms with van der Waals surface area (Å²) in [5.41, 5.74) is 3.14. The van der Waals surface area contributed by atoms with Crippen molar-refractivity contribution >= 4 is 18.3 Å². The van der Waals surface area contributed by atoms with Crippen molar-refractivity contribution in [1.82, 2.24) is 10.2 Å². The third kappa shape index (κ3) is 4.80. The lowest BCUT2D eigenvalue weighted by molar-refractivity contribution is -0.133. The normalized spacial score (nSPS) is 17.0. The molecule has 0 aliphatic carbocycles. The van der Waals surface area contributed by atoms with Crippen LogP contribution in [0.15, 0.2) is 48.5 Å². The Morgan fingerprint density at radius 3 is 2.60 bits per heavy atom. The van der Waals surface area contributed by atoms with Gasteiger partial charge in [-0.05, 0) is 35.2 Å². The molecule has 1 heterocycles. The van der Waals surface area contributed by atoms with Crippen LogP contribution in [-0.4, -0.2) is 30.4 Å². The van der Waals surface area contributed by atoms with Gasteiger partial charge in [0.15, 0.2) is 0 Å². The molecular weight excluding hydrogens is 339 g/mol. The van der Waals surface area contributed by atoms with Gasteiger partial charge in [0.25, 0.3) is 0 Å². The zero-order valence-corrected chi connectivity index (χ0v) is 15.2. The van der Waals surface area contributed by atoms with Gasteiger partial charge in [-0.1, -0.05) is 43.3 Å². The van der Waals surface area contributed by atoms with Gasteiger partial charge in [-0.15, -0.1) is 12.4 Å². The molecule has 2 aromatic rings. The minimum absolute atomic E-state index is 0. The highest BCUT2D eigenvalue weighted by Gasteiger charge is 2.27. The van der Waals surface area contributed by atoms with E-state index in [1.54, 1.807) is 6.07 Å². The molecule has 0 spiro atoms. The van der Waals surface area contributed by atoms with E-state index in [4.69, 9.17) is 0 Å². The molecule has 1 aliphatic rings. The van der Waals surface area contributed by atoms with Crippen molar-refractivity contribution in [2.75, 3.05) is 19.6 Å². The van der Waals surface area contributed by atoms with Crippen molar-refractivity contribution < 1.29 is 9.18 Å². The van der Waals surface area contributed by atoms with Gasteiger partial charge < -0.3 is 10.2 Å². The molecule has 3 rings (SSSR count). The number of carbonyl (C=O) groups excluding carboxylic acids is 1. The second-order valence-electron chi connectivity index (χ2n) is 6.21. The Hall–Kier alpha value is -1.91. The lowest BCUT2D eigenvalue weighted by atomic mass is 10.0. The summed E-state index contributed by atoms with van der Waals surface area (Å²) in [6, 6.07) is 14.6. The summed E-state index contributed by atoms with van der Waals surface area (Å²) in [5, 5.41) is 3.30. The van der Waals surface area contributed by atoms with E-state index in [0.717, 1.165) is 24.1 Å². The van der Waals surface area contributed by atoms with Crippen molar-refractivity contribution in [2.24, 2.45) is 0 Å². The average Bonchev–Trinajstić information content (AvgIpc) is 2.62. The van der Waals surface area contributed by atoms with Crippen molar-refractivity contribution in [1.29, 1.82) is 0 Å². The zero-order chi connectivity index (χ0) is 16.9. The summed E-state index contributed by atoms with van der Waals surface area (Å²) in [6.07, 6.45) is 1.38. The summed E-state index contributed by atoms with van der Waals surface area (Å²) < 4.78 is 13.5. The minimum atomic E-state index is -0.263. The highest BCUT2D eigenvalue weighted by Crippen LogP contribution is 2.24. The number of rotatable bonds is 4. The summed E-state index contributed by atoms with van der Waals surface area (Å²) in [7, 11) is 0. The molecule has 2 aromatic carbocycles. The standard InChI is InChI=1S/C20H23FN2O.ClH/c1-2-15-6-8-16(9-7-15)12-20(24)23-11-10-22-14-19(23)17-4-3-5-18(21)13-17;/h3-9,13,19,22H,2,10-12,14H2,1H3;1H. The van der Waals surface area contributed by atoms with E-state index < -0.39 is 0 Å². The van der Waals surface area contributed by atoms with Crippen molar-refractivity contribution in [3.8, 4) is 0 Å². The van der Waals surface area contributed by atoms with Crippen LogP contribution < -0.4 is 5.32 Å². The Morgan fingerprint density at radius 2 is 1.92 bits per heavy atom. The van der Waals surface area contributed by atoms with Crippen LogP contribution in [0.4, 0.5) is 4.39 Å². The van der Waals surface area contributed by atoms with Gasteiger partial charge in [-0.3, -0.25) is 4.79 Å². The Morgan fingerprint density at radius 1 is 1.20 bits per heavy atom. The topological polar surface area (TPSA) is 32.3 Å². The fourth-order valence-corrected chi connectivity index (χ4v) is 3.18. The SMILES string of the molecule is CCc1ccc(CC(=O)N2CCNCC2c2cccc(F)c2)cc1.Cl. The molecule has 1 amide bonds. The van der Waals surface area contributed by atoms with Crippen LogP contribution >= 0.6 is 12.4 Å². The summed E-state index contributed by atoms with van der Waals surface area (Å²) in [4.78, 5) is 14.7. The first-order chi connectivity index (χ1) is 11.7. The number of hydrogen-bond acceptors (Lipinski definition) is 2. The number of aryl methyl sites for hydroxylation is 1. The van der Waals surface area contributed by atoms with E-state index in [1.165, 1.54) is 17.7 Å². The third-order valence-corrected chi connectivity index (χ3v) is 4.58. The molecule has 0 bridgehead atoms. The Balaban J connectivity index is 0.00000225. The predicted octanol–water partition coefficient (Wildman–Crippen LogP) is 3.53. The number of carbonyl (C=O) groups is 1. The van der Waals surface area contributed by atoms with E-state index in [-0.39, 0.29) is 30.2 Å². The zero-order valence-electron chi connectivity index (χ0n) is 14.4. The quantitative estimate of drug-likeness (QED) is 0.902. The fourth-order valence-electron chi connectivity index (χ4n) is 3.18. The highest BCUT2D eigenvalue weighted by molar-refractivity contribution is 5.85. The maximum Gasteiger partial charge on any atom is 0.227 e. The highest BCUT2D eigenvalue weighted by atomic mass is 35.5. The van der Waals surface area contributed by atoms with Gasteiger partial charge in [0.2, 0.25) is 5.91 Å². The maximum absolute atomic E-state index is 13.5. The van der Waals surface area contributed by atoms with Crippen LogP contribution in [0.5, 0.6) is 0 Å². The molecule has 1 saturated heterocycles. The summed E-state index contributed by atoms with van der Waals surface area (Å²) in [5.74, 6) is -0.171. The lowest BCUT2D eigenvalue weighted by Gasteiger charge is -2.36. The van der Waals surface area contributed by atoms with Crippen LogP contribution in [0.1, 0.15) is 29.7 Å². The molecule has 0 aromatic heterocycles. The lowest BCUT2D eigenvalue weighted by Crippen LogP contribution is -2.49. The Kier molecular flexibility index (Phi) is 6.97. The van der Waals surface area contributed by atoms with Gasteiger partial charge >= 0.3 is 0 Å². The van der Waals surface area contributed by atoms with Crippen LogP contribution in [0.25, 0.3) is 0 Å². The molecule has 1 atom stereocenters. The van der Waals surface area contributed by atoms with Crippen molar-refractivity contribution in [2.45, 2.75) is 25.8 Å². The molecule has 3 nitrogen and oxygen atoms in total. The smallest absolute Gasteiger partial charge is 0.227 e. The van der Waals surface area contributed by atoms with Gasteiger partial charge in [-0.25, -0.2) is 4.39 Å². The van der Waals surface area contributed by atoms with Gasteiger partial charge in [0.1, 0.15) is 5.82 Å². The van der Waals surface area contributed by atoms with E-state index in [0.29, 0.717) is 19.5 Å². The molecule has 0 radical (unpaired) electrons. The van der Waals surface area contributed by atoms with Crippen LogP contribution in [-0.2, 0) is 17.6 Å². The number of nitrogens with one attached hydrogen (secondary N) is 1. The monoisotopic (exact) mass is 362 g/mol. The second kappa shape index (κ2) is 8.97. The molecule has 1 fully saturated rings. The Labute approximate surface area is 154 Å². The molecule has 1 N–H and O–H groups in total. The second-order valence-corrected chi connectivity index (χ2v) is 6.21. The van der Waals surface area contributed by atoms with E-state index in [9.17, 15) is 9.18 Å². The summed E-state index contributed by atoms with van der Waals surface area (Å²) >= 11 is 0. The van der Waals surface area contributed by atoms with Gasteiger partial charge in [0.05, 0.1) is 12.5 Å². The first-order valence-electron chi connectivity index (χ1n) is 8.51. The fraction of sp³-hybridized carbons (Fsp3) is 0.350. The Bertz CT molecular complexity index is 705. The molecule has 25 heavy (non-hydrogen) atoms. The largest absolute Gasteiger partial charge is 0.333 e. The van der Waals surface area contributed by atoms with Gasteiger partial charge in [0, 0.05) is 19.6 Å². The van der Waals surface area contributed by atoms with Gasteiger partial charge in [-0.2, -0.15) is 0 Å². The predicted molar refractivity (Wildman–Crippen MR) is 100 cm³/mol. The van der Waals surface area contributed by atoms with E-state index >= 15 is 0 Å². The number of benzene rings is 2. The number of hydrogen-bond donors (Lipinski definition) is 1. The molecule has 134 valence electrons. The molecular formula is C20H24ClFN2O. The van der Waals surface area contributed by atoms with E-state index in [1.807, 2.05) is 23.1 Å². The molecule has 1 aliphatic heterocycles. The third-order valence-electron chi connectivity index (χ3n) is 4.58. The number of piperazine rings is 1. The number of amides is 1. The van der Waals surface area contributed by atoms with Crippen LogP contribution in [0, 0.1) is 5.82 Å². The summed E-state index contributed by atoms with van der Waals surface area (Å²) in [6.45, 7) is 4.19. The van der Waals surface area contributed by atoms with Crippen molar-refractivity contribution in [3.63, 3.8) is 0 Å². The van der Waals surface area contributed by atoms with Crippen LogP contribution in [0.3, 0.4) is 0 Å². The average molecular weight is 363 g/mol. The van der Waals surface area contributed by atoms with E-state index in [2.05, 4.69) is 24.4 Å². The number of nitrogens with zero attached hydrogens (tertiary/aromatic N) is 1. The minimum Gasteiger partial charge on any atom is -0.333 e.